The van der Waals surface area contributed by atoms with Crippen molar-refractivity contribution in [3.8, 4) is 11.5 Å². The minimum atomic E-state index is -1.28. The minimum absolute atomic E-state index is 0.0134. The van der Waals surface area contributed by atoms with E-state index in [-0.39, 0.29) is 61.6 Å². The van der Waals surface area contributed by atoms with Gasteiger partial charge in [0, 0.05) is 24.4 Å². The summed E-state index contributed by atoms with van der Waals surface area (Å²) in [6.45, 7) is 1.77. The first-order valence-electron chi connectivity index (χ1n) is 14.2. The number of anilines is 1. The summed E-state index contributed by atoms with van der Waals surface area (Å²) in [7, 11) is 1.50. The maximum absolute atomic E-state index is 14.4. The maximum atomic E-state index is 14.4. The van der Waals surface area contributed by atoms with Gasteiger partial charge in [-0.2, -0.15) is 0 Å². The van der Waals surface area contributed by atoms with E-state index < -0.39 is 41.0 Å². The van der Waals surface area contributed by atoms with Gasteiger partial charge in [-0.1, -0.05) is 29.8 Å². The Labute approximate surface area is 242 Å². The molecule has 42 heavy (non-hydrogen) atoms. The summed E-state index contributed by atoms with van der Waals surface area (Å²) in [4.78, 5) is 69.1. The molecule has 2 aliphatic carbocycles. The average molecular weight is 573 g/mol. The topological polar surface area (TPSA) is 142 Å². The molecule has 10 heteroatoms. The van der Waals surface area contributed by atoms with Crippen molar-refractivity contribution < 1.29 is 38.9 Å². The normalized spacial score (nSPS) is 30.1. The van der Waals surface area contributed by atoms with E-state index >= 15 is 0 Å². The molecule has 2 aromatic rings. The molecule has 2 heterocycles. The number of carboxylic acids is 1. The average Bonchev–Trinajstić information content (AvgIpc) is 3.33. The highest BCUT2D eigenvalue weighted by Gasteiger charge is 2.67. The van der Waals surface area contributed by atoms with Gasteiger partial charge in [0.2, 0.25) is 23.6 Å². The van der Waals surface area contributed by atoms with Crippen LogP contribution in [0, 0.1) is 29.1 Å². The van der Waals surface area contributed by atoms with E-state index in [1.54, 1.807) is 49.4 Å². The number of carbonyl (C=O) groups excluding carboxylic acids is 4. The Bertz CT molecular complexity index is 1530. The van der Waals surface area contributed by atoms with Crippen LogP contribution in [0.3, 0.4) is 0 Å². The zero-order chi connectivity index (χ0) is 29.9. The molecule has 2 saturated heterocycles. The Balaban J connectivity index is 1.47. The van der Waals surface area contributed by atoms with Crippen LogP contribution in [0.25, 0.3) is 0 Å². The van der Waals surface area contributed by atoms with E-state index in [2.05, 4.69) is 0 Å². The molecule has 4 aliphatic rings. The first-order chi connectivity index (χ1) is 20.1. The molecule has 0 radical (unpaired) electrons. The molecular weight excluding hydrogens is 540 g/mol. The summed E-state index contributed by atoms with van der Waals surface area (Å²) in [5.74, 6) is -5.54. The predicted octanol–water partition coefficient (Wildman–Crippen LogP) is 3.50. The van der Waals surface area contributed by atoms with Gasteiger partial charge in [0.1, 0.15) is 11.5 Å². The predicted molar refractivity (Wildman–Crippen MR) is 149 cm³/mol. The molecule has 1 saturated carbocycles. The van der Waals surface area contributed by atoms with Crippen LogP contribution < -0.4 is 9.64 Å². The van der Waals surface area contributed by atoms with Crippen molar-refractivity contribution in [1.82, 2.24) is 4.90 Å². The lowest BCUT2D eigenvalue weighted by atomic mass is 9.51. The summed E-state index contributed by atoms with van der Waals surface area (Å²) in [5.41, 5.74) is 0.340. The highest BCUT2D eigenvalue weighted by atomic mass is 16.5. The number of phenols is 1. The van der Waals surface area contributed by atoms with Crippen molar-refractivity contribution in [3.63, 3.8) is 0 Å². The van der Waals surface area contributed by atoms with E-state index in [0.29, 0.717) is 17.0 Å². The fourth-order valence-electron chi connectivity index (χ4n) is 7.75. The lowest BCUT2D eigenvalue weighted by Crippen LogP contribution is -2.48. The summed E-state index contributed by atoms with van der Waals surface area (Å²) < 4.78 is 5.45. The number of phenolic OH excluding ortho intramolecular Hbond substituents is 1. The number of hydrogen-bond donors (Lipinski definition) is 2. The number of methoxy groups -OCH3 is 1. The van der Waals surface area contributed by atoms with Gasteiger partial charge in [-0.3, -0.25) is 28.9 Å². The number of fused-ring (bicyclic) bond motifs is 4. The second kappa shape index (κ2) is 10.1. The molecule has 4 amide bonds. The Morgan fingerprint density at radius 2 is 1.76 bits per heavy atom. The Morgan fingerprint density at radius 3 is 2.45 bits per heavy atom. The van der Waals surface area contributed by atoms with E-state index in [9.17, 15) is 29.1 Å². The first-order valence-corrected chi connectivity index (χ1v) is 14.2. The molecule has 6 rings (SSSR count). The fourth-order valence-corrected chi connectivity index (χ4v) is 7.75. The van der Waals surface area contributed by atoms with Gasteiger partial charge >= 0.3 is 5.97 Å². The van der Waals surface area contributed by atoms with Crippen LogP contribution in [0.4, 0.5) is 5.69 Å². The molecule has 10 nitrogen and oxygen atoms in total. The molecule has 2 N–H and O–H groups in total. The molecule has 0 spiro atoms. The number of likely N-dealkylation sites (tertiary alicyclic amines) is 1. The zero-order valence-electron chi connectivity index (χ0n) is 23.4. The quantitative estimate of drug-likeness (QED) is 0.379. The van der Waals surface area contributed by atoms with Gasteiger partial charge in [-0.05, 0) is 62.4 Å². The number of carbonyl (C=O) groups is 5. The van der Waals surface area contributed by atoms with Crippen LogP contribution in [0.2, 0.25) is 0 Å². The van der Waals surface area contributed by atoms with Gasteiger partial charge in [-0.25, -0.2) is 4.90 Å². The largest absolute Gasteiger partial charge is 0.508 e. The molecule has 0 unspecified atom stereocenters. The Kier molecular flexibility index (Phi) is 6.67. The zero-order valence-corrected chi connectivity index (χ0v) is 23.4. The van der Waals surface area contributed by atoms with Crippen LogP contribution in [0.1, 0.15) is 44.1 Å². The Hall–Kier alpha value is -4.47. The number of benzene rings is 2. The lowest BCUT2D eigenvalue weighted by Gasteiger charge is -2.49. The summed E-state index contributed by atoms with van der Waals surface area (Å²) >= 11 is 0. The Morgan fingerprint density at radius 1 is 1.02 bits per heavy atom. The molecule has 3 fully saturated rings. The molecule has 0 aromatic heterocycles. The number of rotatable bonds is 7. The molecule has 2 aromatic carbocycles. The van der Waals surface area contributed by atoms with Gasteiger partial charge in [-0.15, -0.1) is 0 Å². The van der Waals surface area contributed by atoms with Gasteiger partial charge in [0.15, 0.2) is 0 Å². The number of ether oxygens (including phenoxy) is 1. The number of nitrogens with zero attached hydrogens (tertiary/aromatic N) is 2. The lowest BCUT2D eigenvalue weighted by molar-refractivity contribution is -0.142. The van der Waals surface area contributed by atoms with Crippen LogP contribution >= 0.6 is 0 Å². The monoisotopic (exact) mass is 572 g/mol. The minimum Gasteiger partial charge on any atom is -0.508 e. The number of imide groups is 2. The molecule has 6 atom stereocenters. The second-order valence-corrected chi connectivity index (χ2v) is 11.7. The van der Waals surface area contributed by atoms with Crippen molar-refractivity contribution in [2.75, 3.05) is 18.6 Å². The third-order valence-electron chi connectivity index (χ3n) is 9.70. The highest BCUT2D eigenvalue weighted by Crippen LogP contribution is 2.64. The van der Waals surface area contributed by atoms with Crippen molar-refractivity contribution in [2.24, 2.45) is 29.1 Å². The summed E-state index contributed by atoms with van der Waals surface area (Å²) in [5, 5.41) is 20.2. The van der Waals surface area contributed by atoms with Crippen LogP contribution in [0.15, 0.2) is 60.2 Å². The number of amides is 4. The van der Waals surface area contributed by atoms with E-state index in [1.807, 2.05) is 6.08 Å². The van der Waals surface area contributed by atoms with Crippen molar-refractivity contribution >= 4 is 35.3 Å². The molecule has 0 bridgehead atoms. The third-order valence-corrected chi connectivity index (χ3v) is 9.70. The summed E-state index contributed by atoms with van der Waals surface area (Å²) in [6, 6.07) is 13.5. The number of hydrogen-bond acceptors (Lipinski definition) is 7. The highest BCUT2D eigenvalue weighted by molar-refractivity contribution is 6.24. The molecule has 218 valence electrons. The number of aromatic hydroxyl groups is 1. The van der Waals surface area contributed by atoms with Crippen LogP contribution in [-0.4, -0.2) is 58.4 Å². The third kappa shape index (κ3) is 3.95. The van der Waals surface area contributed by atoms with Crippen molar-refractivity contribution in [1.29, 1.82) is 0 Å². The van der Waals surface area contributed by atoms with Crippen molar-refractivity contribution in [3.05, 3.63) is 65.7 Å². The maximum Gasteiger partial charge on any atom is 0.303 e. The van der Waals surface area contributed by atoms with Crippen LogP contribution in [0.5, 0.6) is 11.5 Å². The first kappa shape index (κ1) is 27.7. The smallest absolute Gasteiger partial charge is 0.303 e. The fraction of sp³-hybridized carbons (Fsp3) is 0.406. The van der Waals surface area contributed by atoms with Crippen molar-refractivity contribution in [2.45, 2.75) is 38.5 Å². The van der Waals surface area contributed by atoms with E-state index in [1.165, 1.54) is 23.0 Å². The van der Waals surface area contributed by atoms with Crippen LogP contribution in [-0.2, 0) is 24.0 Å². The number of aliphatic carboxylic acids is 1. The number of para-hydroxylation sites is 1. The molecular formula is C32H32N2O8. The SMILES string of the molecule is COc1ccc(O)c([C@H]2C3=CC[C@@H]4C(=O)N(CCCC(=O)O)C(=O)[C@@H]4[C@@H]3C[C@H]3C(=O)N(c4ccccc4)C(=O)[C@@]23C)c1. The van der Waals surface area contributed by atoms with E-state index in [4.69, 9.17) is 9.84 Å². The van der Waals surface area contributed by atoms with Gasteiger partial charge in [0.05, 0.1) is 36.0 Å². The standard InChI is InChI=1S/C32H32N2O8/c1-32-23(29(39)34(31(32)41)17-7-4-3-5-8-17)16-21-19(27(32)22-15-18(42-2)10-13-24(22)35)11-12-20-26(21)30(40)33(28(20)38)14-6-9-25(36)37/h3-5,7-8,10-11,13,15,20-21,23,26-27,35H,6,9,12,14,16H2,1-2H3,(H,36,37)/t20-,21+,23-,26-,27+,32+/m0/s1. The second-order valence-electron chi connectivity index (χ2n) is 11.7. The summed E-state index contributed by atoms with van der Waals surface area (Å²) in [6.07, 6.45) is 2.36. The van der Waals surface area contributed by atoms with Gasteiger partial charge < -0.3 is 14.9 Å². The number of allylic oxidation sites excluding steroid dienone is 2. The van der Waals surface area contributed by atoms with E-state index in [0.717, 1.165) is 5.57 Å². The molecule has 2 aliphatic heterocycles. The van der Waals surface area contributed by atoms with Gasteiger partial charge in [0.25, 0.3) is 0 Å². The number of carboxylic acid groups (broad SMARTS) is 1.